The zero-order valence-corrected chi connectivity index (χ0v) is 19.9. The molecule has 0 bridgehead atoms. The van der Waals surface area contributed by atoms with Gasteiger partial charge in [-0.25, -0.2) is 12.9 Å². The van der Waals surface area contributed by atoms with Gasteiger partial charge in [-0.05, 0) is 24.4 Å². The summed E-state index contributed by atoms with van der Waals surface area (Å²) in [5.41, 5.74) is 0. The maximum atomic E-state index is 12.6. The van der Waals surface area contributed by atoms with Crippen molar-refractivity contribution in [2.24, 2.45) is 5.10 Å². The Hall–Kier alpha value is -0.530. The van der Waals surface area contributed by atoms with E-state index in [2.05, 4.69) is 18.9 Å². The second-order valence-electron chi connectivity index (χ2n) is 7.06. The molecule has 0 saturated heterocycles. The first-order chi connectivity index (χ1) is 13.2. The first kappa shape index (κ1) is 25.5. The van der Waals surface area contributed by atoms with Crippen LogP contribution >= 0.6 is 19.9 Å². The van der Waals surface area contributed by atoms with Gasteiger partial charge in [-0.15, -0.1) is 4.52 Å². The second kappa shape index (κ2) is 12.2. The Kier molecular flexibility index (Phi) is 11.1. The molecule has 0 aromatic heterocycles. The Morgan fingerprint density at radius 1 is 1.04 bits per heavy atom. The molecule has 0 aromatic carbocycles. The van der Waals surface area contributed by atoms with E-state index in [1.807, 2.05) is 0 Å². The summed E-state index contributed by atoms with van der Waals surface area (Å²) in [4.78, 5) is 0. The topological polar surface area (TPSA) is 82.0 Å². The molecule has 0 radical (unpaired) electrons. The Balaban J connectivity index is 2.89. The molecule has 2 atom stereocenters. The van der Waals surface area contributed by atoms with Gasteiger partial charge >= 0.3 is 14.2 Å². The molecule has 0 N–H and O–H groups in total. The van der Waals surface area contributed by atoms with E-state index in [1.54, 1.807) is 14.0 Å². The van der Waals surface area contributed by atoms with Crippen molar-refractivity contribution in [2.45, 2.75) is 72.1 Å². The number of unbranched alkanes of at least 4 members (excludes halogenated alkanes) is 6. The molecular formula is C18H34ClN2O5PS+2. The van der Waals surface area contributed by atoms with Gasteiger partial charge in [0.05, 0.1) is 12.8 Å². The summed E-state index contributed by atoms with van der Waals surface area (Å²) >= 11 is 6.32. The number of hydrogen-bond acceptors (Lipinski definition) is 6. The van der Waals surface area contributed by atoms with Crippen LogP contribution in [0.1, 0.15) is 72.1 Å². The zero-order valence-electron chi connectivity index (χ0n) is 17.4. The minimum atomic E-state index is -3.60. The molecule has 28 heavy (non-hydrogen) atoms. The Bertz CT molecular complexity index is 696. The second-order valence-corrected chi connectivity index (χ2v) is 10.5. The molecule has 0 saturated carbocycles. The van der Waals surface area contributed by atoms with Crippen LogP contribution in [-0.2, 0) is 23.4 Å². The normalized spacial score (nSPS) is 20.5. The van der Waals surface area contributed by atoms with Crippen molar-refractivity contribution in [3.05, 3.63) is 10.1 Å². The number of rotatable bonds is 14. The van der Waals surface area contributed by atoms with Crippen LogP contribution in [0.2, 0.25) is 0 Å². The molecule has 1 rings (SSSR count). The van der Waals surface area contributed by atoms with Crippen molar-refractivity contribution in [2.75, 3.05) is 26.0 Å². The molecule has 10 heteroatoms. The van der Waals surface area contributed by atoms with Crippen LogP contribution < -0.4 is 0 Å². The molecular weight excluding hydrogens is 423 g/mol. The molecule has 7 nitrogen and oxygen atoms in total. The molecule has 0 spiro atoms. The molecule has 2 unspecified atom stereocenters. The van der Waals surface area contributed by atoms with Crippen LogP contribution in [-0.4, -0.2) is 44.9 Å². The van der Waals surface area contributed by atoms with Gasteiger partial charge in [0.1, 0.15) is 13.2 Å². The highest BCUT2D eigenvalue weighted by atomic mass is 35.5. The number of quaternary nitrogens is 1. The highest BCUT2D eigenvalue weighted by Crippen LogP contribution is 2.39. The van der Waals surface area contributed by atoms with Crippen molar-refractivity contribution in [3.63, 3.8) is 0 Å². The van der Waals surface area contributed by atoms with Crippen molar-refractivity contribution in [1.29, 1.82) is 0 Å². The molecule has 0 fully saturated rings. The van der Waals surface area contributed by atoms with Gasteiger partial charge in [0.15, 0.2) is 5.03 Å². The van der Waals surface area contributed by atoms with Crippen LogP contribution in [0.15, 0.2) is 15.2 Å². The fraction of sp³-hybridized carbons (Fsp3) is 0.833. The highest BCUT2D eigenvalue weighted by molar-refractivity contribution is 7.95. The van der Waals surface area contributed by atoms with Gasteiger partial charge in [0, 0.05) is 4.57 Å². The molecule has 0 aromatic rings. The maximum absolute atomic E-state index is 12.6. The van der Waals surface area contributed by atoms with E-state index in [1.165, 1.54) is 0 Å². The summed E-state index contributed by atoms with van der Waals surface area (Å²) in [6.45, 7) is 6.57. The van der Waals surface area contributed by atoms with Crippen molar-refractivity contribution >= 4 is 35.6 Å². The van der Waals surface area contributed by atoms with Crippen molar-refractivity contribution in [1.82, 2.24) is 0 Å². The minimum Gasteiger partial charge on any atom is -0.218 e. The zero-order chi connectivity index (χ0) is 21.2. The van der Waals surface area contributed by atoms with E-state index in [0.29, 0.717) is 13.2 Å². The van der Waals surface area contributed by atoms with Gasteiger partial charge < -0.3 is 0 Å². The summed E-state index contributed by atoms with van der Waals surface area (Å²) in [5.74, 6) is -0.217. The maximum Gasteiger partial charge on any atom is 0.751 e. The van der Waals surface area contributed by atoms with E-state index in [4.69, 9.17) is 20.6 Å². The predicted octanol–water partition coefficient (Wildman–Crippen LogP) is 5.45. The third kappa shape index (κ3) is 7.38. The lowest BCUT2D eigenvalue weighted by Crippen LogP contribution is -2.40. The highest BCUT2D eigenvalue weighted by Gasteiger charge is 2.50. The quantitative estimate of drug-likeness (QED) is 0.197. The summed E-state index contributed by atoms with van der Waals surface area (Å²) in [6, 6.07) is 0. The first-order valence-electron chi connectivity index (χ1n) is 10.1. The Morgan fingerprint density at radius 3 is 2.21 bits per heavy atom. The predicted molar refractivity (Wildman–Crippen MR) is 114 cm³/mol. The third-order valence-electron chi connectivity index (χ3n) is 4.60. The average molecular weight is 457 g/mol. The van der Waals surface area contributed by atoms with Gasteiger partial charge in [-0.1, -0.05) is 64.5 Å². The smallest absolute Gasteiger partial charge is 0.218 e. The lowest BCUT2D eigenvalue weighted by molar-refractivity contribution is -0.870. The van der Waals surface area contributed by atoms with Crippen molar-refractivity contribution < 1.29 is 26.6 Å². The molecule has 1 aliphatic rings. The van der Waals surface area contributed by atoms with E-state index in [0.717, 1.165) is 51.4 Å². The van der Waals surface area contributed by atoms with E-state index in [-0.39, 0.29) is 26.3 Å². The Morgan fingerprint density at radius 2 is 1.64 bits per heavy atom. The minimum absolute atomic E-state index is 0.00881. The molecule has 1 aliphatic heterocycles. The van der Waals surface area contributed by atoms with Crippen LogP contribution in [0.4, 0.5) is 0 Å². The summed E-state index contributed by atoms with van der Waals surface area (Å²) < 4.78 is 47.6. The van der Waals surface area contributed by atoms with E-state index in [9.17, 15) is 13.0 Å². The van der Waals surface area contributed by atoms with Gasteiger partial charge in [0.2, 0.25) is 9.84 Å². The van der Waals surface area contributed by atoms with Crippen LogP contribution in [0, 0.1) is 0 Å². The van der Waals surface area contributed by atoms with E-state index < -0.39 is 18.1 Å². The molecule has 1 heterocycles. The van der Waals surface area contributed by atoms with Crippen LogP contribution in [0.25, 0.3) is 0 Å². The Labute approximate surface area is 175 Å². The summed E-state index contributed by atoms with van der Waals surface area (Å²) in [7, 11) is -4.38. The standard InChI is InChI=1S/C18H34ClN2O5PS/c1-5-8-10-12-14-21(4)18(28(23,24)7-3)16(19)17(20-21)26-27(22)25-15-13-11-9-6-2/h5-15H2,1-4H3/q+2. The SMILES string of the molecule is CCCCCCO[P+](=O)OC1=N[N+](C)(CCCCCC)C(S(=O)(=O)CC)=C1Cl. The van der Waals surface area contributed by atoms with Gasteiger partial charge in [0.25, 0.3) is 5.03 Å². The van der Waals surface area contributed by atoms with Crippen LogP contribution in [0.3, 0.4) is 0 Å². The third-order valence-corrected chi connectivity index (χ3v) is 7.72. The molecule has 0 amide bonds. The average Bonchev–Trinajstić information content (AvgIpc) is 2.89. The monoisotopic (exact) mass is 456 g/mol. The fourth-order valence-electron chi connectivity index (χ4n) is 2.99. The number of sulfone groups is 1. The molecule has 162 valence electrons. The van der Waals surface area contributed by atoms with Gasteiger partial charge in [-0.2, -0.15) is 4.59 Å². The lowest BCUT2D eigenvalue weighted by Gasteiger charge is -2.25. The number of halogens is 1. The van der Waals surface area contributed by atoms with E-state index >= 15 is 0 Å². The van der Waals surface area contributed by atoms with Gasteiger partial charge in [-0.3, -0.25) is 0 Å². The summed E-state index contributed by atoms with van der Waals surface area (Å²) in [5, 5.41) is 4.28. The lowest BCUT2D eigenvalue weighted by atomic mass is 10.2. The van der Waals surface area contributed by atoms with Crippen LogP contribution in [0.5, 0.6) is 0 Å². The molecule has 0 aliphatic carbocycles. The largest absolute Gasteiger partial charge is 0.751 e. The first-order valence-corrected chi connectivity index (χ1v) is 13.2. The van der Waals surface area contributed by atoms with Crippen molar-refractivity contribution in [3.8, 4) is 0 Å². The number of nitrogens with zero attached hydrogens (tertiary/aromatic N) is 2. The number of hydrogen-bond donors (Lipinski definition) is 0. The summed E-state index contributed by atoms with van der Waals surface area (Å²) in [6.07, 6.45) is 7.89. The fourth-order valence-corrected chi connectivity index (χ4v) is 5.62.